The fourth-order valence-electron chi connectivity index (χ4n) is 4.18. The number of anilines is 1. The molecule has 2 N–H and O–H groups in total. The Kier molecular flexibility index (Phi) is 6.12. The molecule has 1 amide bonds. The number of alkyl halides is 3. The van der Waals surface area contributed by atoms with Crippen molar-refractivity contribution in [2.75, 3.05) is 5.32 Å². The van der Waals surface area contributed by atoms with Crippen LogP contribution in [0.5, 0.6) is 0 Å². The molecule has 0 spiro atoms. The van der Waals surface area contributed by atoms with Crippen molar-refractivity contribution in [1.82, 2.24) is 24.5 Å². The fraction of sp³-hybridized carbons (Fsp3) is 0.500. The van der Waals surface area contributed by atoms with Crippen LogP contribution in [-0.4, -0.2) is 37.2 Å². The molecule has 0 bridgehead atoms. The van der Waals surface area contributed by atoms with Gasteiger partial charge in [-0.1, -0.05) is 13.0 Å². The van der Waals surface area contributed by atoms with Crippen LogP contribution in [0.4, 0.5) is 19.0 Å². The molecule has 0 atom stereocenters. The van der Waals surface area contributed by atoms with Crippen LogP contribution in [0.15, 0.2) is 30.5 Å². The molecule has 1 aliphatic carbocycles. The zero-order valence-corrected chi connectivity index (χ0v) is 18.1. The van der Waals surface area contributed by atoms with Crippen molar-refractivity contribution in [3.8, 4) is 0 Å². The second kappa shape index (κ2) is 8.84. The zero-order valence-electron chi connectivity index (χ0n) is 18.1. The molecule has 0 unspecified atom stereocenters. The monoisotopic (exact) mass is 448 g/mol. The summed E-state index contributed by atoms with van der Waals surface area (Å²) < 4.78 is 42.2. The van der Waals surface area contributed by atoms with Gasteiger partial charge in [-0.05, 0) is 57.2 Å². The minimum atomic E-state index is -4.48. The Morgan fingerprint density at radius 1 is 1.16 bits per heavy atom. The number of nitrogens with one attached hydrogen (secondary N) is 2. The number of halogens is 3. The summed E-state index contributed by atoms with van der Waals surface area (Å²) >= 11 is 0. The molecule has 0 radical (unpaired) electrons. The third-order valence-corrected chi connectivity index (χ3v) is 5.92. The van der Waals surface area contributed by atoms with Crippen LogP contribution >= 0.6 is 0 Å². The summed E-state index contributed by atoms with van der Waals surface area (Å²) in [5, 5.41) is 10.9. The average Bonchev–Trinajstić information content (AvgIpc) is 3.40. The fourth-order valence-corrected chi connectivity index (χ4v) is 4.18. The highest BCUT2D eigenvalue weighted by atomic mass is 19.4. The predicted molar refractivity (Wildman–Crippen MR) is 115 cm³/mol. The molecule has 10 heteroatoms. The maximum absolute atomic E-state index is 13.0. The number of fused-ring (bicyclic) bond motifs is 1. The quantitative estimate of drug-likeness (QED) is 0.590. The van der Waals surface area contributed by atoms with Gasteiger partial charge in [-0.3, -0.25) is 13.9 Å². The van der Waals surface area contributed by atoms with Crippen LogP contribution in [0.25, 0.3) is 5.65 Å². The Morgan fingerprint density at radius 2 is 1.88 bits per heavy atom. The Bertz CT molecular complexity index is 1090. The first-order chi connectivity index (χ1) is 15.3. The molecule has 3 aromatic heterocycles. The van der Waals surface area contributed by atoms with Gasteiger partial charge in [0.2, 0.25) is 0 Å². The van der Waals surface area contributed by atoms with Crippen molar-refractivity contribution in [1.29, 1.82) is 0 Å². The topological polar surface area (TPSA) is 76.2 Å². The van der Waals surface area contributed by atoms with Gasteiger partial charge in [0.25, 0.3) is 5.91 Å². The molecule has 7 nitrogen and oxygen atoms in total. The van der Waals surface area contributed by atoms with Crippen LogP contribution in [0.3, 0.4) is 0 Å². The lowest BCUT2D eigenvalue weighted by atomic mass is 9.91. The highest BCUT2D eigenvalue weighted by Crippen LogP contribution is 2.30. The largest absolute Gasteiger partial charge is 0.434 e. The standard InChI is InChI=1S/C22H27F3N6O/c1-3-14-12-17(31(4-2)29-14)21(32)27-16-10-8-15(9-11-16)26-19-6-5-7-20-28-18(13-30(19)20)22(23,24)25/h5-7,12-13,15-16,26H,3-4,8-11H2,1-2H3,(H,27,32)/t15-,16+. The molecule has 0 saturated heterocycles. The number of pyridine rings is 1. The van der Waals surface area contributed by atoms with Crippen LogP contribution < -0.4 is 10.6 Å². The number of nitrogens with zero attached hydrogens (tertiary/aromatic N) is 4. The summed E-state index contributed by atoms with van der Waals surface area (Å²) in [6, 6.07) is 7.01. The van der Waals surface area contributed by atoms with Crippen LogP contribution in [-0.2, 0) is 19.1 Å². The summed E-state index contributed by atoms with van der Waals surface area (Å²) in [5.41, 5.74) is 0.821. The van der Waals surface area contributed by atoms with E-state index in [2.05, 4.69) is 20.7 Å². The third kappa shape index (κ3) is 4.58. The summed E-state index contributed by atoms with van der Waals surface area (Å²) in [5.74, 6) is 0.468. The predicted octanol–water partition coefficient (Wildman–Crippen LogP) is 4.29. The number of imidazole rings is 1. The van der Waals surface area contributed by atoms with Crippen molar-refractivity contribution >= 4 is 17.4 Å². The maximum Gasteiger partial charge on any atom is 0.434 e. The zero-order chi connectivity index (χ0) is 22.9. The lowest BCUT2D eigenvalue weighted by Crippen LogP contribution is -2.41. The van der Waals surface area contributed by atoms with E-state index < -0.39 is 11.9 Å². The van der Waals surface area contributed by atoms with Gasteiger partial charge in [0.15, 0.2) is 5.69 Å². The molecule has 32 heavy (non-hydrogen) atoms. The second-order valence-electron chi connectivity index (χ2n) is 8.12. The van der Waals surface area contributed by atoms with Crippen molar-refractivity contribution in [3.05, 3.63) is 47.5 Å². The van der Waals surface area contributed by atoms with E-state index >= 15 is 0 Å². The van der Waals surface area contributed by atoms with Gasteiger partial charge in [0.1, 0.15) is 17.2 Å². The number of rotatable bonds is 6. The van der Waals surface area contributed by atoms with Gasteiger partial charge < -0.3 is 10.6 Å². The number of hydrogen-bond acceptors (Lipinski definition) is 4. The van der Waals surface area contributed by atoms with E-state index in [0.29, 0.717) is 18.1 Å². The van der Waals surface area contributed by atoms with E-state index in [0.717, 1.165) is 44.0 Å². The minimum absolute atomic E-state index is 0.0618. The van der Waals surface area contributed by atoms with Gasteiger partial charge in [-0.2, -0.15) is 18.3 Å². The molecule has 3 aromatic rings. The summed E-state index contributed by atoms with van der Waals surface area (Å²) in [7, 11) is 0. The molecule has 172 valence electrons. The molecular weight excluding hydrogens is 421 g/mol. The SMILES string of the molecule is CCc1cc(C(=O)N[C@H]2CC[C@@H](Nc3cccc4nc(C(F)(F)F)cn34)CC2)n(CC)n1. The molecule has 1 aliphatic rings. The highest BCUT2D eigenvalue weighted by molar-refractivity contribution is 5.92. The van der Waals surface area contributed by atoms with Gasteiger partial charge in [0, 0.05) is 24.8 Å². The lowest BCUT2D eigenvalue weighted by molar-refractivity contribution is -0.140. The second-order valence-corrected chi connectivity index (χ2v) is 8.12. The molecular formula is C22H27F3N6O. The Labute approximate surface area is 184 Å². The molecule has 1 saturated carbocycles. The van der Waals surface area contributed by atoms with Crippen LogP contribution in [0.2, 0.25) is 0 Å². The summed E-state index contributed by atoms with van der Waals surface area (Å²) in [4.78, 5) is 16.4. The first kappa shape index (κ1) is 22.2. The van der Waals surface area contributed by atoms with Crippen molar-refractivity contribution in [3.63, 3.8) is 0 Å². The normalized spacial score (nSPS) is 19.3. The Morgan fingerprint density at radius 3 is 2.53 bits per heavy atom. The van der Waals surface area contributed by atoms with E-state index in [1.165, 1.54) is 4.40 Å². The van der Waals surface area contributed by atoms with Crippen LogP contribution in [0, 0.1) is 0 Å². The van der Waals surface area contributed by atoms with Gasteiger partial charge in [0.05, 0.1) is 5.69 Å². The number of hydrogen-bond donors (Lipinski definition) is 2. The van der Waals surface area contributed by atoms with Crippen molar-refractivity contribution in [2.24, 2.45) is 0 Å². The van der Waals surface area contributed by atoms with Crippen LogP contribution in [0.1, 0.15) is 61.4 Å². The van der Waals surface area contributed by atoms with Gasteiger partial charge >= 0.3 is 6.18 Å². The van der Waals surface area contributed by atoms with Gasteiger partial charge in [-0.15, -0.1) is 0 Å². The summed E-state index contributed by atoms with van der Waals surface area (Å²) in [6.07, 6.45) is 0.495. The molecule has 3 heterocycles. The van der Waals surface area contributed by atoms with Crippen molar-refractivity contribution in [2.45, 2.75) is 70.8 Å². The number of aryl methyl sites for hydroxylation is 2. The smallest absolute Gasteiger partial charge is 0.368 e. The van der Waals surface area contributed by atoms with E-state index in [1.54, 1.807) is 22.9 Å². The van der Waals surface area contributed by atoms with E-state index in [1.807, 2.05) is 19.9 Å². The minimum Gasteiger partial charge on any atom is -0.368 e. The van der Waals surface area contributed by atoms with Gasteiger partial charge in [-0.25, -0.2) is 4.98 Å². The maximum atomic E-state index is 13.0. The van der Waals surface area contributed by atoms with E-state index in [-0.39, 0.29) is 23.6 Å². The summed E-state index contributed by atoms with van der Waals surface area (Å²) in [6.45, 7) is 4.60. The molecule has 1 fully saturated rings. The first-order valence-corrected chi connectivity index (χ1v) is 11.0. The lowest BCUT2D eigenvalue weighted by Gasteiger charge is -2.30. The average molecular weight is 448 g/mol. The van der Waals surface area contributed by atoms with E-state index in [9.17, 15) is 18.0 Å². The first-order valence-electron chi connectivity index (χ1n) is 11.0. The molecule has 0 aromatic carbocycles. The van der Waals surface area contributed by atoms with Crippen molar-refractivity contribution < 1.29 is 18.0 Å². The number of carbonyl (C=O) groups is 1. The number of carbonyl (C=O) groups excluding carboxylic acids is 1. The Hall–Kier alpha value is -3.04. The number of amides is 1. The molecule has 0 aliphatic heterocycles. The molecule has 4 rings (SSSR count). The number of aromatic nitrogens is 4. The Balaban J connectivity index is 1.37. The van der Waals surface area contributed by atoms with E-state index in [4.69, 9.17) is 0 Å². The third-order valence-electron chi connectivity index (χ3n) is 5.92. The highest BCUT2D eigenvalue weighted by Gasteiger charge is 2.34.